The van der Waals surface area contributed by atoms with Gasteiger partial charge in [-0.15, -0.1) is 0 Å². The lowest BCUT2D eigenvalue weighted by molar-refractivity contribution is -0.148. The molecule has 2 atom stereocenters. The van der Waals surface area contributed by atoms with Crippen LogP contribution in [-0.2, 0) is 14.4 Å². The number of esters is 1. The molecule has 2 amide bonds. The number of hydrogen-bond donors (Lipinski definition) is 0. The van der Waals surface area contributed by atoms with Crippen molar-refractivity contribution in [3.63, 3.8) is 0 Å². The van der Waals surface area contributed by atoms with E-state index in [1.807, 2.05) is 18.2 Å². The average Bonchev–Trinajstić information content (AvgIpc) is 2.74. The van der Waals surface area contributed by atoms with Crippen molar-refractivity contribution in [2.75, 3.05) is 6.54 Å². The molecule has 1 heterocycles. The summed E-state index contributed by atoms with van der Waals surface area (Å²) in [7, 11) is 0. The fourth-order valence-electron chi connectivity index (χ4n) is 2.81. The Kier molecular flexibility index (Phi) is 3.56. The van der Waals surface area contributed by atoms with Crippen LogP contribution in [0.5, 0.6) is 5.75 Å². The van der Waals surface area contributed by atoms with Crippen LogP contribution in [-0.4, -0.2) is 29.2 Å². The van der Waals surface area contributed by atoms with Gasteiger partial charge in [-0.1, -0.05) is 30.4 Å². The first-order valence-electron chi connectivity index (χ1n) is 6.93. The van der Waals surface area contributed by atoms with Crippen molar-refractivity contribution in [2.45, 2.75) is 12.8 Å². The maximum Gasteiger partial charge on any atom is 0.331 e. The molecule has 0 radical (unpaired) electrons. The van der Waals surface area contributed by atoms with E-state index >= 15 is 0 Å². The molecule has 0 bridgehead atoms. The van der Waals surface area contributed by atoms with Gasteiger partial charge in [-0.05, 0) is 25.0 Å². The van der Waals surface area contributed by atoms with E-state index in [4.69, 9.17) is 4.74 Å². The number of likely N-dealkylation sites (tertiary alicyclic amines) is 1. The Morgan fingerprint density at radius 3 is 2.19 bits per heavy atom. The minimum Gasteiger partial charge on any atom is -0.425 e. The number of benzene rings is 1. The Balaban J connectivity index is 1.66. The van der Waals surface area contributed by atoms with Crippen molar-refractivity contribution >= 4 is 17.8 Å². The summed E-state index contributed by atoms with van der Waals surface area (Å²) >= 11 is 0. The lowest BCUT2D eigenvalue weighted by Crippen LogP contribution is -2.37. The van der Waals surface area contributed by atoms with Crippen LogP contribution in [0.25, 0.3) is 0 Å². The molecule has 1 aromatic rings. The molecule has 5 heteroatoms. The first kappa shape index (κ1) is 13.5. The summed E-state index contributed by atoms with van der Waals surface area (Å²) in [5.41, 5.74) is 0. The van der Waals surface area contributed by atoms with Gasteiger partial charge in [-0.25, -0.2) is 4.79 Å². The third-order valence-corrected chi connectivity index (χ3v) is 3.86. The van der Waals surface area contributed by atoms with Gasteiger partial charge in [-0.2, -0.15) is 0 Å². The fourth-order valence-corrected chi connectivity index (χ4v) is 2.81. The van der Waals surface area contributed by atoms with Gasteiger partial charge < -0.3 is 4.74 Å². The lowest BCUT2D eigenvalue weighted by atomic mass is 9.85. The Hall–Kier alpha value is -2.43. The number of nitrogens with zero attached hydrogens (tertiary/aromatic N) is 1. The molecule has 1 aliphatic heterocycles. The third kappa shape index (κ3) is 2.59. The first-order chi connectivity index (χ1) is 10.2. The van der Waals surface area contributed by atoms with Crippen LogP contribution in [0.4, 0.5) is 0 Å². The largest absolute Gasteiger partial charge is 0.425 e. The predicted molar refractivity (Wildman–Crippen MR) is 74.2 cm³/mol. The van der Waals surface area contributed by atoms with E-state index in [9.17, 15) is 14.4 Å². The number of allylic oxidation sites excluding steroid dienone is 2. The van der Waals surface area contributed by atoms with Crippen molar-refractivity contribution in [1.82, 2.24) is 4.90 Å². The van der Waals surface area contributed by atoms with Gasteiger partial charge in [0.05, 0.1) is 11.8 Å². The summed E-state index contributed by atoms with van der Waals surface area (Å²) in [5, 5.41) is 0. The second-order valence-corrected chi connectivity index (χ2v) is 5.21. The van der Waals surface area contributed by atoms with Crippen LogP contribution >= 0.6 is 0 Å². The van der Waals surface area contributed by atoms with Crippen LogP contribution in [0.1, 0.15) is 12.8 Å². The van der Waals surface area contributed by atoms with Gasteiger partial charge in [-0.3, -0.25) is 14.5 Å². The maximum absolute atomic E-state index is 12.2. The van der Waals surface area contributed by atoms with Crippen LogP contribution in [0.2, 0.25) is 0 Å². The van der Waals surface area contributed by atoms with Crippen molar-refractivity contribution in [2.24, 2.45) is 11.8 Å². The van der Waals surface area contributed by atoms with Gasteiger partial charge in [0.1, 0.15) is 12.3 Å². The van der Waals surface area contributed by atoms with E-state index in [2.05, 4.69) is 0 Å². The summed E-state index contributed by atoms with van der Waals surface area (Å²) < 4.78 is 5.13. The highest BCUT2D eigenvalue weighted by Crippen LogP contribution is 2.34. The predicted octanol–water partition coefficient (Wildman–Crippen LogP) is 1.54. The normalized spacial score (nSPS) is 24.1. The van der Waals surface area contributed by atoms with E-state index in [1.165, 1.54) is 0 Å². The highest BCUT2D eigenvalue weighted by atomic mass is 16.5. The van der Waals surface area contributed by atoms with Crippen LogP contribution < -0.4 is 4.74 Å². The number of fused-ring (bicyclic) bond motifs is 1. The molecule has 2 aliphatic rings. The molecule has 1 aliphatic carbocycles. The van der Waals surface area contributed by atoms with Crippen molar-refractivity contribution in [1.29, 1.82) is 0 Å². The summed E-state index contributed by atoms with van der Waals surface area (Å²) in [6.45, 7) is -0.320. The van der Waals surface area contributed by atoms with Crippen molar-refractivity contribution in [3.05, 3.63) is 42.5 Å². The number of amides is 2. The Morgan fingerprint density at radius 1 is 1.05 bits per heavy atom. The zero-order valence-electron chi connectivity index (χ0n) is 11.4. The molecule has 0 saturated carbocycles. The Bertz CT molecular complexity index is 582. The molecule has 3 rings (SSSR count). The Labute approximate surface area is 122 Å². The average molecular weight is 285 g/mol. The van der Waals surface area contributed by atoms with E-state index in [0.29, 0.717) is 18.6 Å². The number of para-hydroxylation sites is 1. The standard InChI is InChI=1S/C16H15NO4/c18-14(21-11-6-2-1-3-7-11)10-17-15(19)12-8-4-5-9-13(12)16(17)20/h1-7,12-13H,8-10H2/t12-,13+. The molecule has 0 spiro atoms. The maximum atomic E-state index is 12.2. The summed E-state index contributed by atoms with van der Waals surface area (Å²) in [6.07, 6.45) is 4.97. The third-order valence-electron chi connectivity index (χ3n) is 3.86. The van der Waals surface area contributed by atoms with Crippen LogP contribution in [0.3, 0.4) is 0 Å². The lowest BCUT2D eigenvalue weighted by Gasteiger charge is -2.14. The number of carbonyl (C=O) groups excluding carboxylic acids is 3. The summed E-state index contributed by atoms with van der Waals surface area (Å²) in [6, 6.07) is 8.59. The summed E-state index contributed by atoms with van der Waals surface area (Å²) in [4.78, 5) is 37.3. The van der Waals surface area contributed by atoms with Gasteiger partial charge in [0.25, 0.3) is 0 Å². The molecular formula is C16H15NO4. The first-order valence-corrected chi connectivity index (χ1v) is 6.93. The smallest absolute Gasteiger partial charge is 0.331 e. The highest BCUT2D eigenvalue weighted by Gasteiger charge is 2.47. The minimum atomic E-state index is -0.602. The number of hydrogen-bond acceptors (Lipinski definition) is 4. The molecular weight excluding hydrogens is 270 g/mol. The molecule has 1 saturated heterocycles. The second-order valence-electron chi connectivity index (χ2n) is 5.21. The van der Waals surface area contributed by atoms with Gasteiger partial charge in [0.2, 0.25) is 11.8 Å². The van der Waals surface area contributed by atoms with E-state index in [-0.39, 0.29) is 30.2 Å². The molecule has 0 unspecified atom stereocenters. The molecule has 108 valence electrons. The van der Waals surface area contributed by atoms with Crippen molar-refractivity contribution < 1.29 is 19.1 Å². The molecule has 21 heavy (non-hydrogen) atoms. The van der Waals surface area contributed by atoms with Crippen LogP contribution in [0.15, 0.2) is 42.5 Å². The van der Waals surface area contributed by atoms with E-state index in [1.54, 1.807) is 24.3 Å². The number of rotatable bonds is 3. The molecule has 1 aromatic carbocycles. The van der Waals surface area contributed by atoms with Gasteiger partial charge in [0, 0.05) is 0 Å². The van der Waals surface area contributed by atoms with Crippen molar-refractivity contribution in [3.8, 4) is 5.75 Å². The fraction of sp³-hybridized carbons (Fsp3) is 0.312. The van der Waals surface area contributed by atoms with Gasteiger partial charge in [0.15, 0.2) is 0 Å². The molecule has 0 N–H and O–H groups in total. The highest BCUT2D eigenvalue weighted by molar-refractivity contribution is 6.07. The molecule has 1 fully saturated rings. The van der Waals surface area contributed by atoms with E-state index in [0.717, 1.165) is 4.90 Å². The quantitative estimate of drug-likeness (QED) is 0.366. The Morgan fingerprint density at radius 2 is 1.62 bits per heavy atom. The minimum absolute atomic E-state index is 0.264. The molecule has 0 aromatic heterocycles. The SMILES string of the molecule is O=C(CN1C(=O)[C@H]2CC=CC[C@H]2C1=O)Oc1ccccc1. The van der Waals surface area contributed by atoms with E-state index < -0.39 is 5.97 Å². The second kappa shape index (κ2) is 5.52. The zero-order valence-corrected chi connectivity index (χ0v) is 11.4. The summed E-state index contributed by atoms with van der Waals surface area (Å²) in [5.74, 6) is -1.35. The van der Waals surface area contributed by atoms with Crippen LogP contribution in [0, 0.1) is 11.8 Å². The number of carbonyl (C=O) groups is 3. The molecule has 5 nitrogen and oxygen atoms in total. The topological polar surface area (TPSA) is 63.7 Å². The monoisotopic (exact) mass is 285 g/mol. The zero-order chi connectivity index (χ0) is 14.8. The number of ether oxygens (including phenoxy) is 1. The van der Waals surface area contributed by atoms with Gasteiger partial charge >= 0.3 is 5.97 Å². The number of imide groups is 1.